The lowest BCUT2D eigenvalue weighted by Crippen LogP contribution is -2.29. The summed E-state index contributed by atoms with van der Waals surface area (Å²) in [5.41, 5.74) is 2.27. The molecule has 0 saturated heterocycles. The molecule has 202 valence electrons. The van der Waals surface area contributed by atoms with Crippen molar-refractivity contribution in [2.24, 2.45) is 17.8 Å². The number of aliphatic carboxylic acids is 1. The van der Waals surface area contributed by atoms with E-state index in [9.17, 15) is 14.7 Å². The van der Waals surface area contributed by atoms with E-state index in [1.165, 1.54) is 44.8 Å². The number of carboxylic acids is 1. The van der Waals surface area contributed by atoms with Gasteiger partial charge in [-0.25, -0.2) is 9.59 Å². The lowest BCUT2D eigenvalue weighted by molar-refractivity contribution is -0.139. The predicted molar refractivity (Wildman–Crippen MR) is 137 cm³/mol. The Morgan fingerprint density at radius 2 is 1.81 bits per heavy atom. The fourth-order valence-corrected chi connectivity index (χ4v) is 6.23. The smallest absolute Gasteiger partial charge is 0.482 e. The first-order valence-electron chi connectivity index (χ1n) is 13.8. The van der Waals surface area contributed by atoms with Crippen LogP contribution in [0, 0.1) is 17.8 Å². The van der Waals surface area contributed by atoms with Crippen LogP contribution in [0.25, 0.3) is 0 Å². The molecule has 0 aliphatic heterocycles. The summed E-state index contributed by atoms with van der Waals surface area (Å²) in [4.78, 5) is 22.8. The molecule has 2 N–H and O–H groups in total. The molecule has 2 aliphatic carbocycles. The monoisotopic (exact) mass is 504 g/mol. The number of fused-ring (bicyclic) bond motifs is 2. The highest BCUT2D eigenvalue weighted by molar-refractivity contribution is 5.68. The van der Waals surface area contributed by atoms with Gasteiger partial charge in [0.05, 0.1) is 13.2 Å². The number of carboxylic acid groups (broad SMARTS) is 1. The number of carbonyl (C=O) groups is 2. The molecule has 0 amide bonds. The van der Waals surface area contributed by atoms with Gasteiger partial charge >= 0.3 is 12.1 Å². The van der Waals surface area contributed by atoms with Crippen molar-refractivity contribution in [2.45, 2.75) is 103 Å². The van der Waals surface area contributed by atoms with Gasteiger partial charge in [-0.3, -0.25) is 0 Å². The largest absolute Gasteiger partial charge is 0.508 e. The Hall–Kier alpha value is -2.28. The molecule has 1 fully saturated rings. The van der Waals surface area contributed by atoms with Crippen LogP contribution in [0.5, 0.6) is 5.75 Å². The summed E-state index contributed by atoms with van der Waals surface area (Å²) in [5, 5.41) is 19.9. The van der Waals surface area contributed by atoms with E-state index >= 15 is 0 Å². The molecular formula is C29H44O7. The van der Waals surface area contributed by atoms with E-state index in [0.29, 0.717) is 17.6 Å². The third-order valence-corrected chi connectivity index (χ3v) is 8.08. The number of benzene rings is 1. The molecule has 2 aliphatic rings. The van der Waals surface area contributed by atoms with Gasteiger partial charge in [0.1, 0.15) is 11.9 Å². The van der Waals surface area contributed by atoms with Gasteiger partial charge in [-0.05, 0) is 79.9 Å². The van der Waals surface area contributed by atoms with Crippen molar-refractivity contribution < 1.29 is 34.0 Å². The second-order valence-electron chi connectivity index (χ2n) is 10.6. The first kappa shape index (κ1) is 28.3. The van der Waals surface area contributed by atoms with Gasteiger partial charge in [0.15, 0.2) is 6.61 Å². The van der Waals surface area contributed by atoms with Gasteiger partial charge in [-0.2, -0.15) is 0 Å². The summed E-state index contributed by atoms with van der Waals surface area (Å²) >= 11 is 0. The highest BCUT2D eigenvalue weighted by Crippen LogP contribution is 2.48. The Balaban J connectivity index is 1.56. The Morgan fingerprint density at radius 3 is 2.53 bits per heavy atom. The van der Waals surface area contributed by atoms with Crippen molar-refractivity contribution in [1.29, 1.82) is 0 Å². The van der Waals surface area contributed by atoms with Crippen LogP contribution >= 0.6 is 0 Å². The summed E-state index contributed by atoms with van der Waals surface area (Å²) in [6.45, 7) is 1.87. The van der Waals surface area contributed by atoms with E-state index in [1.54, 1.807) is 0 Å². The zero-order valence-electron chi connectivity index (χ0n) is 22.0. The molecule has 5 atom stereocenters. The van der Waals surface area contributed by atoms with Gasteiger partial charge in [-0.15, -0.1) is 0 Å². The Labute approximate surface area is 215 Å². The number of aliphatic hydroxyl groups is 1. The molecule has 7 heteroatoms. The zero-order chi connectivity index (χ0) is 25.9. The quantitative estimate of drug-likeness (QED) is 0.225. The van der Waals surface area contributed by atoms with E-state index in [4.69, 9.17) is 19.3 Å². The third-order valence-electron chi connectivity index (χ3n) is 8.08. The molecule has 7 nitrogen and oxygen atoms in total. The van der Waals surface area contributed by atoms with E-state index in [1.807, 2.05) is 12.1 Å². The lowest BCUT2D eigenvalue weighted by atomic mass is 9.73. The summed E-state index contributed by atoms with van der Waals surface area (Å²) in [6, 6.07) is 5.84. The molecule has 1 aromatic rings. The number of carbonyl (C=O) groups excluding carboxylic acids is 1. The molecule has 3 rings (SSSR count). The Bertz CT molecular complexity index is 839. The number of aliphatic hydroxyl groups excluding tert-OH is 1. The van der Waals surface area contributed by atoms with Crippen molar-refractivity contribution in [3.05, 3.63) is 29.3 Å². The molecule has 1 aromatic carbocycles. The van der Waals surface area contributed by atoms with E-state index < -0.39 is 12.1 Å². The first-order chi connectivity index (χ1) is 17.4. The molecular weight excluding hydrogens is 460 g/mol. The Morgan fingerprint density at radius 1 is 1.06 bits per heavy atom. The summed E-state index contributed by atoms with van der Waals surface area (Å²) in [6.07, 6.45) is 12.0. The number of ether oxygens (including phenoxy) is 3. The average molecular weight is 505 g/mol. The van der Waals surface area contributed by atoms with E-state index in [2.05, 4.69) is 13.0 Å². The van der Waals surface area contributed by atoms with E-state index in [0.717, 1.165) is 56.9 Å². The lowest BCUT2D eigenvalue weighted by Gasteiger charge is -2.32. The van der Waals surface area contributed by atoms with Gasteiger partial charge in [0.25, 0.3) is 0 Å². The Kier molecular flexibility index (Phi) is 11.4. The van der Waals surface area contributed by atoms with Crippen molar-refractivity contribution in [1.82, 2.24) is 0 Å². The molecule has 36 heavy (non-hydrogen) atoms. The van der Waals surface area contributed by atoms with Crippen LogP contribution in [-0.4, -0.2) is 48.3 Å². The minimum absolute atomic E-state index is 0.157. The molecule has 0 heterocycles. The van der Waals surface area contributed by atoms with E-state index in [-0.39, 0.29) is 24.7 Å². The molecule has 0 spiro atoms. The van der Waals surface area contributed by atoms with Crippen LogP contribution in [-0.2, 0) is 27.1 Å². The summed E-state index contributed by atoms with van der Waals surface area (Å²) in [5.74, 6) is 0.518. The summed E-state index contributed by atoms with van der Waals surface area (Å²) < 4.78 is 15.9. The van der Waals surface area contributed by atoms with Crippen LogP contribution in [0.4, 0.5) is 4.79 Å². The maximum atomic E-state index is 11.8. The molecule has 1 saturated carbocycles. The molecule has 0 radical (unpaired) electrons. The highest BCUT2D eigenvalue weighted by atomic mass is 16.7. The standard InChI is InChI=1S/C29H44O7/c1-3-4-5-6-7-8-9-12-22(36-29(33)34-2)14-15-23-24-16-20-11-10-13-27(35-19-28(31)32)25(20)17-21(24)18-26(23)30/h10-11,13,21-24,26,30H,3-9,12,14-19H2,1-2H3,(H,31,32)/t21-,22-,23+,24-,26+/m0/s1. The maximum Gasteiger partial charge on any atom is 0.508 e. The first-order valence-corrected chi connectivity index (χ1v) is 13.8. The highest BCUT2D eigenvalue weighted by Gasteiger charge is 2.45. The number of hydrogen-bond donors (Lipinski definition) is 2. The molecule has 0 bridgehead atoms. The normalized spacial score (nSPS) is 23.4. The van der Waals surface area contributed by atoms with Crippen molar-refractivity contribution in [2.75, 3.05) is 13.7 Å². The summed E-state index contributed by atoms with van der Waals surface area (Å²) in [7, 11) is 1.34. The fourth-order valence-electron chi connectivity index (χ4n) is 6.23. The molecule has 0 unspecified atom stereocenters. The minimum Gasteiger partial charge on any atom is -0.482 e. The van der Waals surface area contributed by atoms with Crippen LogP contribution in [0.15, 0.2) is 18.2 Å². The van der Waals surface area contributed by atoms with Gasteiger partial charge in [0.2, 0.25) is 0 Å². The van der Waals surface area contributed by atoms with Crippen LogP contribution in [0.2, 0.25) is 0 Å². The van der Waals surface area contributed by atoms with Gasteiger partial charge < -0.3 is 24.4 Å². The topological polar surface area (TPSA) is 102 Å². The molecule has 0 aromatic heterocycles. The zero-order valence-corrected chi connectivity index (χ0v) is 22.0. The van der Waals surface area contributed by atoms with Crippen molar-refractivity contribution >= 4 is 12.1 Å². The number of unbranched alkanes of at least 4 members (excludes halogenated alkanes) is 6. The predicted octanol–water partition coefficient (Wildman–Crippen LogP) is 5.93. The fraction of sp³-hybridized carbons (Fsp3) is 0.724. The van der Waals surface area contributed by atoms with Crippen LogP contribution in [0.1, 0.15) is 88.7 Å². The SMILES string of the molecule is CCCCCCCCC[C@@H](CC[C@@H]1[C@H]2Cc3cccc(OCC(=O)O)c3C[C@H]2C[C@H]1O)OC(=O)OC. The van der Waals surface area contributed by atoms with Gasteiger partial charge in [0, 0.05) is 0 Å². The number of rotatable bonds is 15. The van der Waals surface area contributed by atoms with Crippen molar-refractivity contribution in [3.63, 3.8) is 0 Å². The average Bonchev–Trinajstić information content (AvgIpc) is 3.17. The second kappa shape index (κ2) is 14.5. The van der Waals surface area contributed by atoms with Crippen LogP contribution in [0.3, 0.4) is 0 Å². The van der Waals surface area contributed by atoms with Gasteiger partial charge in [-0.1, -0.05) is 57.6 Å². The number of hydrogen-bond acceptors (Lipinski definition) is 6. The van der Waals surface area contributed by atoms with Crippen molar-refractivity contribution in [3.8, 4) is 5.75 Å². The minimum atomic E-state index is -0.988. The second-order valence-corrected chi connectivity index (χ2v) is 10.6. The van der Waals surface area contributed by atoms with Crippen LogP contribution < -0.4 is 4.74 Å². The number of methoxy groups -OCH3 is 1. The third kappa shape index (κ3) is 8.12. The maximum absolute atomic E-state index is 11.8.